The molecule has 3 rings (SSSR count). The van der Waals surface area contributed by atoms with Gasteiger partial charge < -0.3 is 9.80 Å². The summed E-state index contributed by atoms with van der Waals surface area (Å²) in [6.45, 7) is 0.353. The standard InChI is InChI=1S/C16H20N2O4S/c1-17(14-7-8-23(21,22)11-14)16(20)12-9-15(19)18(10-12)13-5-3-2-4-6-13/h2-6,12,14H,7-11H2,1H3/t12-,14-/m1/s1. The summed E-state index contributed by atoms with van der Waals surface area (Å²) < 4.78 is 23.2. The summed E-state index contributed by atoms with van der Waals surface area (Å²) in [5.74, 6) is -0.454. The largest absolute Gasteiger partial charge is 0.341 e. The molecular formula is C16H20N2O4S. The number of rotatable bonds is 3. The number of anilines is 1. The topological polar surface area (TPSA) is 74.8 Å². The Balaban J connectivity index is 1.68. The molecule has 2 aliphatic rings. The Morgan fingerprint density at radius 2 is 1.96 bits per heavy atom. The highest BCUT2D eigenvalue weighted by Gasteiger charge is 2.40. The maximum absolute atomic E-state index is 12.6. The predicted molar refractivity (Wildman–Crippen MR) is 86.7 cm³/mol. The monoisotopic (exact) mass is 336 g/mol. The second kappa shape index (κ2) is 5.96. The summed E-state index contributed by atoms with van der Waals surface area (Å²) in [6.07, 6.45) is 0.658. The molecule has 0 aliphatic carbocycles. The Hall–Kier alpha value is -1.89. The molecule has 2 aliphatic heterocycles. The molecule has 23 heavy (non-hydrogen) atoms. The predicted octanol–water partition coefficient (Wildman–Crippen LogP) is 0.685. The third-order valence-corrected chi connectivity index (χ3v) is 6.40. The van der Waals surface area contributed by atoms with E-state index in [0.29, 0.717) is 13.0 Å². The summed E-state index contributed by atoms with van der Waals surface area (Å²) in [4.78, 5) is 28.0. The molecule has 0 radical (unpaired) electrons. The molecule has 0 saturated carbocycles. The molecule has 0 bridgehead atoms. The van der Waals surface area contributed by atoms with Crippen LogP contribution in [0.25, 0.3) is 0 Å². The smallest absolute Gasteiger partial charge is 0.228 e. The van der Waals surface area contributed by atoms with Crippen LogP contribution in [0.3, 0.4) is 0 Å². The average molecular weight is 336 g/mol. The van der Waals surface area contributed by atoms with Crippen molar-refractivity contribution in [2.45, 2.75) is 18.9 Å². The van der Waals surface area contributed by atoms with E-state index < -0.39 is 15.8 Å². The molecule has 1 aromatic carbocycles. The lowest BCUT2D eigenvalue weighted by Crippen LogP contribution is -2.42. The lowest BCUT2D eigenvalue weighted by molar-refractivity contribution is -0.136. The summed E-state index contributed by atoms with van der Waals surface area (Å²) in [6, 6.07) is 9.01. The highest BCUT2D eigenvalue weighted by atomic mass is 32.2. The SMILES string of the molecule is CN(C(=O)[C@@H]1CC(=O)N(c2ccccc2)C1)[C@@H]1CCS(=O)(=O)C1. The molecule has 2 amide bonds. The fraction of sp³-hybridized carbons (Fsp3) is 0.500. The summed E-state index contributed by atoms with van der Waals surface area (Å²) in [5, 5.41) is 0. The molecule has 2 heterocycles. The summed E-state index contributed by atoms with van der Waals surface area (Å²) in [5.41, 5.74) is 0.791. The minimum absolute atomic E-state index is 0.0261. The number of nitrogens with zero attached hydrogens (tertiary/aromatic N) is 2. The van der Waals surface area contributed by atoms with Crippen LogP contribution in [0.15, 0.2) is 30.3 Å². The van der Waals surface area contributed by atoms with Crippen LogP contribution in [-0.4, -0.2) is 56.3 Å². The number of hydrogen-bond acceptors (Lipinski definition) is 4. The van der Waals surface area contributed by atoms with E-state index in [2.05, 4.69) is 0 Å². The molecule has 0 aromatic heterocycles. The zero-order valence-electron chi connectivity index (χ0n) is 13.0. The molecule has 0 unspecified atom stereocenters. The first-order chi connectivity index (χ1) is 10.9. The number of carbonyl (C=O) groups is 2. The minimum Gasteiger partial charge on any atom is -0.341 e. The van der Waals surface area contributed by atoms with Crippen LogP contribution in [0.5, 0.6) is 0 Å². The number of carbonyl (C=O) groups excluding carboxylic acids is 2. The van der Waals surface area contributed by atoms with E-state index in [-0.39, 0.29) is 35.8 Å². The third kappa shape index (κ3) is 3.24. The molecule has 7 heteroatoms. The second-order valence-corrected chi connectivity index (χ2v) is 8.48. The van der Waals surface area contributed by atoms with Gasteiger partial charge in [-0.15, -0.1) is 0 Å². The van der Waals surface area contributed by atoms with Gasteiger partial charge in [0.2, 0.25) is 11.8 Å². The van der Waals surface area contributed by atoms with Gasteiger partial charge in [0.25, 0.3) is 0 Å². The van der Waals surface area contributed by atoms with Gasteiger partial charge in [-0.1, -0.05) is 18.2 Å². The quantitative estimate of drug-likeness (QED) is 0.814. The van der Waals surface area contributed by atoms with Crippen LogP contribution < -0.4 is 4.90 Å². The maximum atomic E-state index is 12.6. The highest BCUT2D eigenvalue weighted by Crippen LogP contribution is 2.27. The first kappa shape index (κ1) is 16.0. The van der Waals surface area contributed by atoms with Crippen molar-refractivity contribution in [3.63, 3.8) is 0 Å². The number of benzene rings is 1. The Bertz CT molecular complexity index is 717. The van der Waals surface area contributed by atoms with Gasteiger partial charge >= 0.3 is 0 Å². The van der Waals surface area contributed by atoms with Gasteiger partial charge in [0, 0.05) is 31.7 Å². The van der Waals surface area contributed by atoms with Crippen LogP contribution in [0, 0.1) is 5.92 Å². The maximum Gasteiger partial charge on any atom is 0.228 e. The Morgan fingerprint density at radius 3 is 2.57 bits per heavy atom. The Kier molecular flexibility index (Phi) is 4.14. The first-order valence-corrected chi connectivity index (χ1v) is 9.52. The van der Waals surface area contributed by atoms with Crippen molar-refractivity contribution >= 4 is 27.3 Å². The molecular weight excluding hydrogens is 316 g/mol. The van der Waals surface area contributed by atoms with Crippen molar-refractivity contribution in [1.82, 2.24) is 4.90 Å². The summed E-state index contributed by atoms with van der Waals surface area (Å²) in [7, 11) is -1.39. The van der Waals surface area contributed by atoms with Crippen molar-refractivity contribution in [3.8, 4) is 0 Å². The Morgan fingerprint density at radius 1 is 1.26 bits per heavy atom. The molecule has 0 N–H and O–H groups in total. The van der Waals surface area contributed by atoms with Gasteiger partial charge in [0.15, 0.2) is 9.84 Å². The molecule has 2 fully saturated rings. The van der Waals surface area contributed by atoms with E-state index in [9.17, 15) is 18.0 Å². The van der Waals surface area contributed by atoms with Crippen molar-refractivity contribution in [2.75, 3.05) is 30.0 Å². The van der Waals surface area contributed by atoms with Gasteiger partial charge in [-0.05, 0) is 18.6 Å². The molecule has 6 nitrogen and oxygen atoms in total. The highest BCUT2D eigenvalue weighted by molar-refractivity contribution is 7.91. The number of para-hydroxylation sites is 1. The Labute approximate surface area is 136 Å². The van der Waals surface area contributed by atoms with E-state index in [4.69, 9.17) is 0 Å². The van der Waals surface area contributed by atoms with Crippen molar-refractivity contribution in [2.24, 2.45) is 5.92 Å². The average Bonchev–Trinajstić information content (AvgIpc) is 3.09. The summed E-state index contributed by atoms with van der Waals surface area (Å²) >= 11 is 0. The number of sulfone groups is 1. The number of amides is 2. The van der Waals surface area contributed by atoms with E-state index in [1.807, 2.05) is 30.3 Å². The fourth-order valence-electron chi connectivity index (χ4n) is 3.28. The zero-order chi connectivity index (χ0) is 16.6. The number of hydrogen-bond donors (Lipinski definition) is 0. The van der Waals surface area contributed by atoms with Crippen LogP contribution in [0.2, 0.25) is 0 Å². The van der Waals surface area contributed by atoms with Crippen molar-refractivity contribution in [3.05, 3.63) is 30.3 Å². The second-order valence-electron chi connectivity index (χ2n) is 6.25. The molecule has 2 atom stereocenters. The van der Waals surface area contributed by atoms with E-state index >= 15 is 0 Å². The first-order valence-electron chi connectivity index (χ1n) is 7.70. The van der Waals surface area contributed by atoms with Gasteiger partial charge in [0.05, 0.1) is 17.4 Å². The zero-order valence-corrected chi connectivity index (χ0v) is 13.8. The lowest BCUT2D eigenvalue weighted by atomic mass is 10.1. The lowest BCUT2D eigenvalue weighted by Gasteiger charge is -2.26. The van der Waals surface area contributed by atoms with Gasteiger partial charge in [0.1, 0.15) is 0 Å². The van der Waals surface area contributed by atoms with Gasteiger partial charge in [-0.2, -0.15) is 0 Å². The van der Waals surface area contributed by atoms with E-state index in [1.165, 1.54) is 4.90 Å². The van der Waals surface area contributed by atoms with Crippen LogP contribution >= 0.6 is 0 Å². The molecule has 124 valence electrons. The van der Waals surface area contributed by atoms with Gasteiger partial charge in [-0.25, -0.2) is 8.42 Å². The van der Waals surface area contributed by atoms with Crippen LogP contribution in [-0.2, 0) is 19.4 Å². The van der Waals surface area contributed by atoms with Gasteiger partial charge in [-0.3, -0.25) is 9.59 Å². The molecule has 1 aromatic rings. The van der Waals surface area contributed by atoms with Crippen LogP contribution in [0.4, 0.5) is 5.69 Å². The minimum atomic E-state index is -3.03. The fourth-order valence-corrected chi connectivity index (χ4v) is 5.05. The third-order valence-electron chi connectivity index (χ3n) is 4.65. The van der Waals surface area contributed by atoms with E-state index in [0.717, 1.165) is 5.69 Å². The van der Waals surface area contributed by atoms with Crippen molar-refractivity contribution in [1.29, 1.82) is 0 Å². The van der Waals surface area contributed by atoms with E-state index in [1.54, 1.807) is 11.9 Å². The van der Waals surface area contributed by atoms with Crippen LogP contribution in [0.1, 0.15) is 12.8 Å². The normalized spacial score (nSPS) is 26.5. The van der Waals surface area contributed by atoms with Crippen molar-refractivity contribution < 1.29 is 18.0 Å². The molecule has 0 spiro atoms. The molecule has 2 saturated heterocycles.